The number of benzene rings is 1. The Labute approximate surface area is 368 Å². The smallest absolute Gasteiger partial charge is 0.312 e. The molecule has 2 bridgehead atoms. The number of carbonyl (C=O) groups is 5. The lowest BCUT2D eigenvalue weighted by Crippen LogP contribution is -2.46. The summed E-state index contributed by atoms with van der Waals surface area (Å²) in [5.74, 6) is -1.75. The van der Waals surface area contributed by atoms with Crippen molar-refractivity contribution in [2.24, 2.45) is 47.0 Å². The molecular weight excluding hydrogens is 804 g/mol. The molecule has 4 atom stereocenters. The molecule has 1 aromatic carbocycles. The summed E-state index contributed by atoms with van der Waals surface area (Å²) in [5.41, 5.74) is 15.0. The number of Topliss-reactive ketones (excluding diaryl/α,β-unsaturated/α-hetero) is 2. The highest BCUT2D eigenvalue weighted by Gasteiger charge is 2.48. The number of halogens is 1. The molecule has 3 aromatic heterocycles. The molecule has 63 heavy (non-hydrogen) atoms. The van der Waals surface area contributed by atoms with Crippen molar-refractivity contribution in [3.8, 4) is 11.4 Å². The lowest BCUT2D eigenvalue weighted by Gasteiger charge is -2.47. The molecule has 4 aromatic rings. The van der Waals surface area contributed by atoms with Crippen LogP contribution in [0.2, 0.25) is 0 Å². The molecule has 7 N–H and O–H groups in total. The van der Waals surface area contributed by atoms with Gasteiger partial charge in [-0.05, 0) is 118 Å². The van der Waals surface area contributed by atoms with Crippen LogP contribution in [0.25, 0.3) is 22.4 Å². The number of nitrogens with zero attached hydrogens (tertiary/aromatic N) is 3. The first-order valence-electron chi connectivity index (χ1n) is 22.6. The second-order valence-electron chi connectivity index (χ2n) is 17.9. The van der Waals surface area contributed by atoms with E-state index in [9.17, 15) is 24.0 Å². The third-order valence-corrected chi connectivity index (χ3v) is 13.0. The summed E-state index contributed by atoms with van der Waals surface area (Å²) in [7, 11) is 0. The van der Waals surface area contributed by atoms with E-state index >= 15 is 4.39 Å². The third-order valence-electron chi connectivity index (χ3n) is 13.0. The first kappa shape index (κ1) is 46.9. The minimum atomic E-state index is -0.843. The van der Waals surface area contributed by atoms with Crippen LogP contribution in [0.15, 0.2) is 48.9 Å². The second kappa shape index (κ2) is 22.2. The Bertz CT molecular complexity index is 2220. The number of nitrogens with two attached hydrogens (primary N) is 2. The number of H-pyrrole nitrogens is 1. The molecule has 14 nitrogen and oxygen atoms in total. The van der Waals surface area contributed by atoms with Gasteiger partial charge in [0.05, 0.1) is 23.9 Å². The van der Waals surface area contributed by atoms with E-state index in [-0.39, 0.29) is 85.4 Å². The summed E-state index contributed by atoms with van der Waals surface area (Å²) >= 11 is 0. The van der Waals surface area contributed by atoms with Gasteiger partial charge >= 0.3 is 12.0 Å². The van der Waals surface area contributed by atoms with Crippen LogP contribution in [-0.2, 0) is 43.4 Å². The monoisotopic (exact) mass is 866 g/mol. The molecule has 3 amide bonds. The Morgan fingerprint density at radius 2 is 1.68 bits per heavy atom. The van der Waals surface area contributed by atoms with Gasteiger partial charge in [-0.1, -0.05) is 44.5 Å². The van der Waals surface area contributed by atoms with Crippen LogP contribution in [0.1, 0.15) is 107 Å². The van der Waals surface area contributed by atoms with E-state index in [1.54, 1.807) is 24.5 Å². The van der Waals surface area contributed by atoms with Crippen molar-refractivity contribution >= 4 is 40.5 Å². The number of aryl methyl sites for hydroxylation is 1. The number of urea groups is 1. The van der Waals surface area contributed by atoms with E-state index in [2.05, 4.69) is 25.6 Å². The maximum Gasteiger partial charge on any atom is 0.312 e. The van der Waals surface area contributed by atoms with Crippen molar-refractivity contribution in [2.75, 3.05) is 13.1 Å². The first-order valence-corrected chi connectivity index (χ1v) is 22.6. The van der Waals surface area contributed by atoms with Crippen LogP contribution in [0.3, 0.4) is 0 Å². The van der Waals surface area contributed by atoms with Crippen molar-refractivity contribution in [2.45, 2.75) is 117 Å². The number of nitrogens with one attached hydrogen (secondary N) is 3. The normalized spacial score (nSPS) is 19.1. The van der Waals surface area contributed by atoms with Crippen molar-refractivity contribution in [3.63, 3.8) is 0 Å². The average Bonchev–Trinajstić information content (AvgIpc) is 3.68. The van der Waals surface area contributed by atoms with Crippen LogP contribution in [0, 0.1) is 48.2 Å². The van der Waals surface area contributed by atoms with E-state index in [0.717, 1.165) is 67.0 Å². The fourth-order valence-corrected chi connectivity index (χ4v) is 9.49. The van der Waals surface area contributed by atoms with Crippen molar-refractivity contribution < 1.29 is 33.1 Å². The average molecular weight is 867 g/mol. The number of pyridine rings is 1. The van der Waals surface area contributed by atoms with Gasteiger partial charge in [0.2, 0.25) is 5.91 Å². The number of esters is 1. The zero-order chi connectivity index (χ0) is 45.0. The lowest BCUT2D eigenvalue weighted by molar-refractivity contribution is -0.160. The number of amides is 3. The van der Waals surface area contributed by atoms with E-state index in [0.29, 0.717) is 48.5 Å². The molecule has 338 valence electrons. The molecule has 0 spiro atoms. The number of unbranched alkanes of at least 4 members (excludes halogenated alkanes) is 2. The number of ketones is 2. The summed E-state index contributed by atoms with van der Waals surface area (Å²) in [6.45, 7) is 6.58. The van der Waals surface area contributed by atoms with E-state index in [1.807, 2.05) is 39.0 Å². The summed E-state index contributed by atoms with van der Waals surface area (Å²) < 4.78 is 21.4. The minimum absolute atomic E-state index is 0.00758. The molecule has 3 aliphatic rings. The van der Waals surface area contributed by atoms with Gasteiger partial charge < -0.3 is 31.8 Å². The van der Waals surface area contributed by atoms with Crippen molar-refractivity contribution in [1.82, 2.24) is 30.6 Å². The van der Waals surface area contributed by atoms with Gasteiger partial charge in [-0.3, -0.25) is 19.2 Å². The van der Waals surface area contributed by atoms with E-state index < -0.39 is 23.8 Å². The highest BCUT2D eigenvalue weighted by molar-refractivity contribution is 5.93. The highest BCUT2D eigenvalue weighted by Crippen LogP contribution is 2.50. The van der Waals surface area contributed by atoms with Gasteiger partial charge in [0.15, 0.2) is 17.4 Å². The molecule has 3 heterocycles. The number of ether oxygens (including phenoxy) is 1. The summed E-state index contributed by atoms with van der Waals surface area (Å²) in [4.78, 5) is 81.9. The second-order valence-corrected chi connectivity index (χ2v) is 17.9. The Kier molecular flexibility index (Phi) is 16.5. The van der Waals surface area contributed by atoms with Gasteiger partial charge in [-0.2, -0.15) is 0 Å². The van der Waals surface area contributed by atoms with Gasteiger partial charge in [-0.25, -0.2) is 24.1 Å². The topological polar surface area (TPSA) is 225 Å². The zero-order valence-electron chi connectivity index (χ0n) is 36.8. The van der Waals surface area contributed by atoms with Crippen LogP contribution >= 0.6 is 0 Å². The largest absolute Gasteiger partial charge is 0.461 e. The maximum atomic E-state index is 15.4. The van der Waals surface area contributed by atoms with Gasteiger partial charge in [-0.15, -0.1) is 0 Å². The number of rotatable bonds is 23. The molecule has 0 unspecified atom stereocenters. The SMILES string of the molecule is Cc1cnc2[nH]cc(-c3ncc(F)c(C[C@H]4C5CCC(CC5)[C@@H]4C(=O)OCc4ccc(CC(=O)[C@H](CCCNC(N)=O)NC(=O)[C@@H](CC(=O)CCCCCN)C(C)C)cc4)n3)c2c1. The number of aromatic nitrogens is 4. The van der Waals surface area contributed by atoms with Crippen LogP contribution in [-0.4, -0.2) is 68.5 Å². The third kappa shape index (κ3) is 12.5. The van der Waals surface area contributed by atoms with Crippen molar-refractivity contribution in [3.05, 3.63) is 77.1 Å². The molecule has 3 fully saturated rings. The molecule has 3 aliphatic carbocycles. The summed E-state index contributed by atoms with van der Waals surface area (Å²) in [6, 6.07) is 7.73. The number of primary amides is 1. The molecule has 7 rings (SSSR count). The molecule has 0 radical (unpaired) electrons. The molecule has 0 aliphatic heterocycles. The lowest BCUT2D eigenvalue weighted by atomic mass is 9.57. The number of carbonyl (C=O) groups excluding carboxylic acids is 5. The summed E-state index contributed by atoms with van der Waals surface area (Å²) in [6.07, 6.45) is 12.5. The first-order chi connectivity index (χ1) is 30.3. The van der Waals surface area contributed by atoms with Gasteiger partial charge in [0, 0.05) is 55.1 Å². The molecule has 3 saturated carbocycles. The Morgan fingerprint density at radius 1 is 0.952 bits per heavy atom. The minimum Gasteiger partial charge on any atom is -0.461 e. The highest BCUT2D eigenvalue weighted by atomic mass is 19.1. The van der Waals surface area contributed by atoms with Crippen LogP contribution in [0.4, 0.5) is 9.18 Å². The quantitative estimate of drug-likeness (QED) is 0.0397. The molecule has 15 heteroatoms. The number of hydrogen-bond donors (Lipinski definition) is 5. The number of aromatic amines is 1. The fourth-order valence-electron chi connectivity index (χ4n) is 9.49. The number of fused-ring (bicyclic) bond motifs is 4. The van der Waals surface area contributed by atoms with Crippen LogP contribution in [0.5, 0.6) is 0 Å². The standard InChI is InChI=1S/C48H63FN8O6/c1-28(2)35(22-34(58)8-5-4-6-18-50)46(60)57-40(9-7-19-52-48(51)62)42(59)21-30-10-12-31(13-11-30)27-63-47(61)43-33-16-14-32(15-17-33)36(43)23-41-39(49)26-55-45(56-41)38-25-54-44-37(38)20-29(3)24-53-44/h10-13,20,24-26,28,32-33,35-36,40,43H,4-9,14-19,21-23,27,50H2,1-3H3,(H,53,54)(H,57,60)(H3,51,52,62)/t32?,33?,35-,36-,40-,43-/m0/s1. The summed E-state index contributed by atoms with van der Waals surface area (Å²) in [5, 5.41) is 6.31. The zero-order valence-corrected chi connectivity index (χ0v) is 36.8. The Hall–Kier alpha value is -5.57. The predicted octanol–water partition coefficient (Wildman–Crippen LogP) is 6.60. The Morgan fingerprint density at radius 3 is 2.40 bits per heavy atom. The maximum absolute atomic E-state index is 15.4. The fraction of sp³-hybridized carbons (Fsp3) is 0.542. The van der Waals surface area contributed by atoms with Gasteiger partial charge in [0.25, 0.3) is 0 Å². The van der Waals surface area contributed by atoms with E-state index in [4.69, 9.17) is 21.2 Å². The van der Waals surface area contributed by atoms with Crippen LogP contribution < -0.4 is 22.1 Å². The van der Waals surface area contributed by atoms with E-state index in [1.165, 1.54) is 6.20 Å². The van der Waals surface area contributed by atoms with Crippen molar-refractivity contribution in [1.29, 1.82) is 0 Å². The molecular formula is C48H63FN8O6. The Balaban J connectivity index is 1.07. The molecule has 0 saturated heterocycles. The predicted molar refractivity (Wildman–Crippen MR) is 237 cm³/mol. The number of hydrogen-bond acceptors (Lipinski definition) is 10. The van der Waals surface area contributed by atoms with Gasteiger partial charge in [0.1, 0.15) is 18.0 Å².